The molecule has 26 heavy (non-hydrogen) atoms. The third-order valence-electron chi connectivity index (χ3n) is 4.54. The molecule has 1 unspecified atom stereocenters. The van der Waals surface area contributed by atoms with Crippen LogP contribution in [0.3, 0.4) is 0 Å². The predicted octanol–water partition coefficient (Wildman–Crippen LogP) is 3.46. The first-order valence-corrected chi connectivity index (χ1v) is 9.72. The summed E-state index contributed by atoms with van der Waals surface area (Å²) in [5.74, 6) is 3.05. The number of thioether (sulfide) groups is 1. The van der Waals surface area contributed by atoms with Crippen molar-refractivity contribution in [3.05, 3.63) is 29.1 Å². The van der Waals surface area contributed by atoms with Crippen molar-refractivity contribution in [1.29, 1.82) is 0 Å². The van der Waals surface area contributed by atoms with Gasteiger partial charge in [-0.2, -0.15) is 11.8 Å². The molecule has 1 N–H and O–H groups in total. The maximum Gasteiger partial charge on any atom is 0.193 e. The van der Waals surface area contributed by atoms with Crippen LogP contribution >= 0.6 is 35.7 Å². The predicted molar refractivity (Wildman–Crippen MR) is 115 cm³/mol. The lowest BCUT2D eigenvalue weighted by Crippen LogP contribution is -2.48. The van der Waals surface area contributed by atoms with E-state index in [9.17, 15) is 4.39 Å². The number of hydrogen-bond donors (Lipinski definition) is 1. The van der Waals surface area contributed by atoms with Crippen LogP contribution in [-0.2, 0) is 17.9 Å². The van der Waals surface area contributed by atoms with E-state index in [1.165, 1.54) is 12.1 Å². The van der Waals surface area contributed by atoms with Crippen LogP contribution in [0.5, 0.6) is 5.75 Å². The molecule has 2 heterocycles. The summed E-state index contributed by atoms with van der Waals surface area (Å²) in [4.78, 5) is 6.71. The molecule has 0 saturated carbocycles. The summed E-state index contributed by atoms with van der Waals surface area (Å²) in [6, 6.07) is 3.00. The lowest BCUT2D eigenvalue weighted by atomic mass is 10.1. The molecule has 0 amide bonds. The van der Waals surface area contributed by atoms with Crippen molar-refractivity contribution in [2.45, 2.75) is 32.2 Å². The van der Waals surface area contributed by atoms with E-state index in [2.05, 4.69) is 29.1 Å². The largest absolute Gasteiger partial charge is 0.467 e. The Kier molecular flexibility index (Phi) is 8.28. The molecule has 1 aromatic carbocycles. The molecule has 5 nitrogen and oxygen atoms in total. The topological polar surface area (TPSA) is 46.1 Å². The SMILES string of the molecule is CN=C(NCc1cc(F)cc2c1OCOC2)N1CCSC(C(C)C)C1.I. The van der Waals surface area contributed by atoms with Crippen LogP contribution in [0.2, 0.25) is 0 Å². The number of hydrogen-bond acceptors (Lipinski definition) is 4. The van der Waals surface area contributed by atoms with E-state index in [4.69, 9.17) is 9.47 Å². The number of fused-ring (bicyclic) bond motifs is 1. The third-order valence-corrected chi connectivity index (χ3v) is 6.08. The molecule has 0 bridgehead atoms. The van der Waals surface area contributed by atoms with E-state index in [-0.39, 0.29) is 36.6 Å². The number of rotatable bonds is 3. The molecule has 1 saturated heterocycles. The number of guanidine groups is 1. The standard InChI is InChI=1S/C18H26FN3O2S.HI/c1-12(2)16-9-22(4-5-25-16)18(20-3)21-8-13-6-15(19)7-14-10-23-11-24-17(13)14;/h6-7,12,16H,4-5,8-11H2,1-3H3,(H,20,21);1H. The first-order valence-electron chi connectivity index (χ1n) is 8.67. The lowest BCUT2D eigenvalue weighted by Gasteiger charge is -2.36. The second kappa shape index (κ2) is 9.98. The van der Waals surface area contributed by atoms with Crippen LogP contribution in [0, 0.1) is 11.7 Å². The number of ether oxygens (including phenoxy) is 2. The van der Waals surface area contributed by atoms with Gasteiger partial charge in [-0.05, 0) is 18.1 Å². The van der Waals surface area contributed by atoms with Crippen LogP contribution in [0.1, 0.15) is 25.0 Å². The number of nitrogens with one attached hydrogen (secondary N) is 1. The van der Waals surface area contributed by atoms with Crippen molar-refractivity contribution in [2.75, 3.05) is 32.7 Å². The van der Waals surface area contributed by atoms with E-state index in [1.54, 1.807) is 7.05 Å². The second-order valence-corrected chi connectivity index (χ2v) is 8.01. The molecular weight excluding hydrogens is 468 g/mol. The van der Waals surface area contributed by atoms with Gasteiger partial charge in [0.15, 0.2) is 12.8 Å². The second-order valence-electron chi connectivity index (χ2n) is 6.66. The Balaban J connectivity index is 0.00000243. The molecule has 2 aliphatic rings. The van der Waals surface area contributed by atoms with Crippen LogP contribution < -0.4 is 10.1 Å². The van der Waals surface area contributed by atoms with Gasteiger partial charge >= 0.3 is 0 Å². The molecule has 2 aliphatic heterocycles. The van der Waals surface area contributed by atoms with Gasteiger partial charge in [0.2, 0.25) is 0 Å². The van der Waals surface area contributed by atoms with Gasteiger partial charge in [0.1, 0.15) is 11.6 Å². The van der Waals surface area contributed by atoms with Gasteiger partial charge in [-0.25, -0.2) is 4.39 Å². The summed E-state index contributed by atoms with van der Waals surface area (Å²) in [5.41, 5.74) is 1.55. The van der Waals surface area contributed by atoms with Gasteiger partial charge in [-0.15, -0.1) is 24.0 Å². The number of benzene rings is 1. The normalized spacial score (nSPS) is 20.3. The third kappa shape index (κ3) is 5.16. The van der Waals surface area contributed by atoms with Crippen LogP contribution in [-0.4, -0.2) is 48.8 Å². The van der Waals surface area contributed by atoms with E-state index in [1.807, 2.05) is 11.8 Å². The Morgan fingerprint density at radius 3 is 3.00 bits per heavy atom. The van der Waals surface area contributed by atoms with Crippen LogP contribution in [0.4, 0.5) is 4.39 Å². The van der Waals surface area contributed by atoms with Gasteiger partial charge < -0.3 is 19.7 Å². The highest BCUT2D eigenvalue weighted by atomic mass is 127. The molecule has 0 radical (unpaired) electrons. The molecule has 1 atom stereocenters. The van der Waals surface area contributed by atoms with Crippen molar-refractivity contribution >= 4 is 41.7 Å². The van der Waals surface area contributed by atoms with Crippen molar-refractivity contribution < 1.29 is 13.9 Å². The number of halogens is 2. The maximum atomic E-state index is 13.9. The Hall–Kier alpha value is -0.740. The Morgan fingerprint density at radius 1 is 1.46 bits per heavy atom. The van der Waals surface area contributed by atoms with Gasteiger partial charge in [-0.3, -0.25) is 4.99 Å². The molecule has 3 rings (SSSR count). The first kappa shape index (κ1) is 21.6. The van der Waals surface area contributed by atoms with E-state index in [0.717, 1.165) is 41.7 Å². The molecule has 1 aromatic rings. The quantitative estimate of drug-likeness (QED) is 0.396. The first-order chi connectivity index (χ1) is 12.1. The number of nitrogens with zero attached hydrogens (tertiary/aromatic N) is 2. The molecular formula is C18H27FIN3O2S. The average Bonchev–Trinajstić information content (AvgIpc) is 2.62. The molecule has 8 heteroatoms. The molecule has 146 valence electrons. The maximum absolute atomic E-state index is 13.9. The fraction of sp³-hybridized carbons (Fsp3) is 0.611. The van der Waals surface area contributed by atoms with Crippen molar-refractivity contribution in [3.63, 3.8) is 0 Å². The minimum absolute atomic E-state index is 0. The smallest absolute Gasteiger partial charge is 0.193 e. The Bertz CT molecular complexity index is 645. The van der Waals surface area contributed by atoms with Gasteiger partial charge in [0.05, 0.1) is 6.61 Å². The van der Waals surface area contributed by atoms with Gasteiger partial charge in [0, 0.05) is 48.8 Å². The summed E-state index contributed by atoms with van der Waals surface area (Å²) in [6.45, 7) is 7.54. The summed E-state index contributed by atoms with van der Waals surface area (Å²) >= 11 is 2.03. The van der Waals surface area contributed by atoms with E-state index in [0.29, 0.717) is 24.3 Å². The van der Waals surface area contributed by atoms with E-state index >= 15 is 0 Å². The lowest BCUT2D eigenvalue weighted by molar-refractivity contribution is -0.0173. The Morgan fingerprint density at radius 2 is 2.27 bits per heavy atom. The molecule has 0 aliphatic carbocycles. The van der Waals surface area contributed by atoms with Crippen molar-refractivity contribution in [2.24, 2.45) is 10.9 Å². The molecule has 0 aromatic heterocycles. The Labute approximate surface area is 176 Å². The van der Waals surface area contributed by atoms with E-state index < -0.39 is 0 Å². The molecule has 0 spiro atoms. The monoisotopic (exact) mass is 495 g/mol. The fourth-order valence-corrected chi connectivity index (χ4v) is 4.46. The van der Waals surface area contributed by atoms with Crippen molar-refractivity contribution in [3.8, 4) is 5.75 Å². The minimum Gasteiger partial charge on any atom is -0.467 e. The van der Waals surface area contributed by atoms with Gasteiger partial charge in [0.25, 0.3) is 0 Å². The highest BCUT2D eigenvalue weighted by Crippen LogP contribution is 2.29. The summed E-state index contributed by atoms with van der Waals surface area (Å²) in [7, 11) is 1.79. The highest BCUT2D eigenvalue weighted by Gasteiger charge is 2.25. The number of aliphatic imine (C=N–C) groups is 1. The summed E-state index contributed by atoms with van der Waals surface area (Å²) in [6.07, 6.45) is 0. The fourth-order valence-electron chi connectivity index (χ4n) is 3.17. The molecule has 1 fully saturated rings. The summed E-state index contributed by atoms with van der Waals surface area (Å²) < 4.78 is 24.7. The van der Waals surface area contributed by atoms with Crippen molar-refractivity contribution in [1.82, 2.24) is 10.2 Å². The van der Waals surface area contributed by atoms with Crippen LogP contribution in [0.25, 0.3) is 0 Å². The zero-order valence-electron chi connectivity index (χ0n) is 15.5. The average molecular weight is 495 g/mol. The van der Waals surface area contributed by atoms with Gasteiger partial charge in [-0.1, -0.05) is 13.8 Å². The highest BCUT2D eigenvalue weighted by molar-refractivity contribution is 14.0. The van der Waals surface area contributed by atoms with Crippen LogP contribution in [0.15, 0.2) is 17.1 Å². The minimum atomic E-state index is -0.270. The summed E-state index contributed by atoms with van der Waals surface area (Å²) in [5, 5.41) is 3.98. The zero-order valence-corrected chi connectivity index (χ0v) is 18.6. The zero-order chi connectivity index (χ0) is 17.8.